The molecule has 0 aliphatic heterocycles. The van der Waals surface area contributed by atoms with E-state index in [-0.39, 0.29) is 0 Å². The lowest BCUT2D eigenvalue weighted by Gasteiger charge is -2.10. The Hall–Kier alpha value is -0.980. The van der Waals surface area contributed by atoms with Crippen LogP contribution in [0.3, 0.4) is 0 Å². The first kappa shape index (κ1) is 12.1. The van der Waals surface area contributed by atoms with Crippen molar-refractivity contribution in [3.8, 4) is 5.75 Å². The lowest BCUT2D eigenvalue weighted by Crippen LogP contribution is -2.04. The van der Waals surface area contributed by atoms with E-state index < -0.39 is 0 Å². The van der Waals surface area contributed by atoms with Gasteiger partial charge in [0.1, 0.15) is 5.75 Å². The molecule has 0 atom stereocenters. The van der Waals surface area contributed by atoms with E-state index in [0.717, 1.165) is 18.8 Å². The van der Waals surface area contributed by atoms with Crippen LogP contribution < -0.4 is 4.74 Å². The molecular formula is C14H22O. The maximum absolute atomic E-state index is 5.63. The van der Waals surface area contributed by atoms with Crippen molar-refractivity contribution in [2.75, 3.05) is 6.61 Å². The van der Waals surface area contributed by atoms with Crippen LogP contribution in [0.25, 0.3) is 0 Å². The Bertz CT molecular complexity index is 272. The fraction of sp³-hybridized carbons (Fsp3) is 0.571. The van der Waals surface area contributed by atoms with Crippen LogP contribution in [-0.4, -0.2) is 6.61 Å². The summed E-state index contributed by atoms with van der Waals surface area (Å²) in [6.45, 7) is 9.59. The van der Waals surface area contributed by atoms with Crippen LogP contribution in [0.1, 0.15) is 33.3 Å². The smallest absolute Gasteiger partial charge is 0.119 e. The van der Waals surface area contributed by atoms with Crippen LogP contribution in [0.5, 0.6) is 5.75 Å². The molecular weight excluding hydrogens is 184 g/mol. The highest BCUT2D eigenvalue weighted by molar-refractivity contribution is 5.27. The molecule has 0 bridgehead atoms. The Morgan fingerprint density at radius 3 is 2.00 bits per heavy atom. The zero-order valence-electron chi connectivity index (χ0n) is 10.3. The second-order valence-corrected chi connectivity index (χ2v) is 4.95. The fourth-order valence-corrected chi connectivity index (χ4v) is 1.46. The third-order valence-corrected chi connectivity index (χ3v) is 2.15. The molecule has 0 aromatic heterocycles. The van der Waals surface area contributed by atoms with Gasteiger partial charge >= 0.3 is 0 Å². The van der Waals surface area contributed by atoms with Gasteiger partial charge in [0.15, 0.2) is 0 Å². The van der Waals surface area contributed by atoms with Crippen molar-refractivity contribution >= 4 is 0 Å². The summed E-state index contributed by atoms with van der Waals surface area (Å²) in [6.07, 6.45) is 1.14. The average Bonchev–Trinajstić information content (AvgIpc) is 2.16. The summed E-state index contributed by atoms with van der Waals surface area (Å²) in [5.74, 6) is 2.28. The maximum Gasteiger partial charge on any atom is 0.119 e. The summed E-state index contributed by atoms with van der Waals surface area (Å²) >= 11 is 0. The molecule has 0 fully saturated rings. The molecule has 0 unspecified atom stereocenters. The Balaban J connectivity index is 2.49. The summed E-state index contributed by atoms with van der Waals surface area (Å²) in [5, 5.41) is 0. The Kier molecular flexibility index (Phi) is 4.67. The molecule has 1 heteroatoms. The van der Waals surface area contributed by atoms with Gasteiger partial charge in [-0.2, -0.15) is 0 Å². The van der Waals surface area contributed by atoms with Gasteiger partial charge in [-0.25, -0.2) is 0 Å². The molecule has 84 valence electrons. The average molecular weight is 206 g/mol. The maximum atomic E-state index is 5.63. The van der Waals surface area contributed by atoms with Gasteiger partial charge in [0.2, 0.25) is 0 Å². The first-order chi connectivity index (χ1) is 7.08. The molecule has 0 spiro atoms. The summed E-state index contributed by atoms with van der Waals surface area (Å²) < 4.78 is 5.63. The molecule has 1 rings (SSSR count). The Morgan fingerprint density at radius 2 is 1.53 bits per heavy atom. The molecule has 1 aromatic rings. The van der Waals surface area contributed by atoms with Crippen LogP contribution in [0.2, 0.25) is 0 Å². The standard InChI is InChI=1S/C14H22O/c1-11(2)9-13-5-7-14(8-6-13)15-10-12(3)4/h5-8,11-12H,9-10H2,1-4H3. The van der Waals surface area contributed by atoms with E-state index in [0.29, 0.717) is 11.8 Å². The summed E-state index contributed by atoms with van der Waals surface area (Å²) in [5.41, 5.74) is 1.39. The highest BCUT2D eigenvalue weighted by Gasteiger charge is 1.99. The normalized spacial score (nSPS) is 11.1. The zero-order chi connectivity index (χ0) is 11.3. The van der Waals surface area contributed by atoms with E-state index in [9.17, 15) is 0 Å². The van der Waals surface area contributed by atoms with Crippen molar-refractivity contribution in [1.29, 1.82) is 0 Å². The number of rotatable bonds is 5. The second-order valence-electron chi connectivity index (χ2n) is 4.95. The summed E-state index contributed by atoms with van der Waals surface area (Å²) in [7, 11) is 0. The minimum Gasteiger partial charge on any atom is -0.493 e. The number of ether oxygens (including phenoxy) is 1. The van der Waals surface area contributed by atoms with E-state index in [1.807, 2.05) is 0 Å². The van der Waals surface area contributed by atoms with Gasteiger partial charge in [0.25, 0.3) is 0 Å². The Labute approximate surface area is 93.5 Å². The van der Waals surface area contributed by atoms with Crippen molar-refractivity contribution in [3.05, 3.63) is 29.8 Å². The third-order valence-electron chi connectivity index (χ3n) is 2.15. The van der Waals surface area contributed by atoms with Gasteiger partial charge in [0, 0.05) is 0 Å². The van der Waals surface area contributed by atoms with Crippen LogP contribution in [0.15, 0.2) is 24.3 Å². The summed E-state index contributed by atoms with van der Waals surface area (Å²) in [4.78, 5) is 0. The van der Waals surface area contributed by atoms with Gasteiger partial charge in [-0.15, -0.1) is 0 Å². The zero-order valence-corrected chi connectivity index (χ0v) is 10.3. The van der Waals surface area contributed by atoms with Crippen molar-refractivity contribution in [2.24, 2.45) is 11.8 Å². The minimum absolute atomic E-state index is 0.584. The lowest BCUT2D eigenvalue weighted by atomic mass is 10.0. The second kappa shape index (κ2) is 5.79. The van der Waals surface area contributed by atoms with Crippen LogP contribution in [0, 0.1) is 11.8 Å². The van der Waals surface area contributed by atoms with Gasteiger partial charge in [-0.1, -0.05) is 39.8 Å². The predicted molar refractivity (Wildman–Crippen MR) is 65.3 cm³/mol. The highest BCUT2D eigenvalue weighted by atomic mass is 16.5. The topological polar surface area (TPSA) is 9.23 Å². The largest absolute Gasteiger partial charge is 0.493 e. The van der Waals surface area contributed by atoms with Crippen molar-refractivity contribution < 1.29 is 4.74 Å². The molecule has 0 saturated heterocycles. The van der Waals surface area contributed by atoms with E-state index in [2.05, 4.69) is 52.0 Å². The molecule has 0 N–H and O–H groups in total. The van der Waals surface area contributed by atoms with Crippen molar-refractivity contribution in [1.82, 2.24) is 0 Å². The van der Waals surface area contributed by atoms with Crippen LogP contribution in [-0.2, 0) is 6.42 Å². The monoisotopic (exact) mass is 206 g/mol. The molecule has 0 amide bonds. The molecule has 0 heterocycles. The molecule has 0 radical (unpaired) electrons. The quantitative estimate of drug-likeness (QED) is 0.709. The molecule has 0 aliphatic rings. The van der Waals surface area contributed by atoms with Gasteiger partial charge in [-0.05, 0) is 36.0 Å². The lowest BCUT2D eigenvalue weighted by molar-refractivity contribution is 0.271. The van der Waals surface area contributed by atoms with Gasteiger partial charge in [-0.3, -0.25) is 0 Å². The Morgan fingerprint density at radius 1 is 0.933 bits per heavy atom. The number of benzene rings is 1. The van der Waals surface area contributed by atoms with Crippen molar-refractivity contribution in [2.45, 2.75) is 34.1 Å². The highest BCUT2D eigenvalue weighted by Crippen LogP contribution is 2.15. The first-order valence-electron chi connectivity index (χ1n) is 5.79. The first-order valence-corrected chi connectivity index (χ1v) is 5.79. The van der Waals surface area contributed by atoms with Crippen LogP contribution in [0.4, 0.5) is 0 Å². The van der Waals surface area contributed by atoms with E-state index in [1.54, 1.807) is 0 Å². The molecule has 1 nitrogen and oxygen atoms in total. The number of hydrogen-bond donors (Lipinski definition) is 0. The SMILES string of the molecule is CC(C)COc1ccc(CC(C)C)cc1. The third kappa shape index (κ3) is 4.87. The molecule has 15 heavy (non-hydrogen) atoms. The van der Waals surface area contributed by atoms with E-state index in [1.165, 1.54) is 5.56 Å². The predicted octanol–water partition coefficient (Wildman–Crippen LogP) is 3.92. The van der Waals surface area contributed by atoms with Gasteiger partial charge in [0.05, 0.1) is 6.61 Å². The molecule has 0 aliphatic carbocycles. The van der Waals surface area contributed by atoms with E-state index in [4.69, 9.17) is 4.74 Å². The van der Waals surface area contributed by atoms with Crippen molar-refractivity contribution in [3.63, 3.8) is 0 Å². The van der Waals surface area contributed by atoms with Crippen LogP contribution >= 0.6 is 0 Å². The minimum atomic E-state index is 0.584. The summed E-state index contributed by atoms with van der Waals surface area (Å²) in [6, 6.07) is 8.46. The number of hydrogen-bond acceptors (Lipinski definition) is 1. The fourth-order valence-electron chi connectivity index (χ4n) is 1.46. The molecule has 0 saturated carbocycles. The molecule has 1 aromatic carbocycles. The van der Waals surface area contributed by atoms with E-state index >= 15 is 0 Å². The van der Waals surface area contributed by atoms with Gasteiger partial charge < -0.3 is 4.74 Å².